The highest BCUT2D eigenvalue weighted by atomic mass is 32.2. The number of nitrogens with zero attached hydrogens (tertiary/aromatic N) is 1. The van der Waals surface area contributed by atoms with Gasteiger partial charge in [-0.15, -0.1) is 0 Å². The average Bonchev–Trinajstić information content (AvgIpc) is 2.28. The highest BCUT2D eigenvalue weighted by Crippen LogP contribution is 2.22. The van der Waals surface area contributed by atoms with Crippen LogP contribution in [0.2, 0.25) is 0 Å². The van der Waals surface area contributed by atoms with Crippen LogP contribution in [-0.2, 0) is 9.84 Å². The van der Waals surface area contributed by atoms with E-state index in [4.69, 9.17) is 5.73 Å². The molecule has 0 fully saturated rings. The van der Waals surface area contributed by atoms with Gasteiger partial charge in [-0.25, -0.2) is 22.2 Å². The molecule has 0 radical (unpaired) electrons. The first-order valence-corrected chi connectivity index (χ1v) is 6.30. The van der Waals surface area contributed by atoms with Crippen LogP contribution in [-0.4, -0.2) is 13.4 Å². The summed E-state index contributed by atoms with van der Waals surface area (Å²) in [5, 5.41) is 0. The van der Waals surface area contributed by atoms with Gasteiger partial charge >= 0.3 is 0 Å². The predicted octanol–water partition coefficient (Wildman–Crippen LogP) is 1.77. The molecule has 0 spiro atoms. The number of aromatic nitrogens is 1. The van der Waals surface area contributed by atoms with E-state index in [1.807, 2.05) is 0 Å². The summed E-state index contributed by atoms with van der Waals surface area (Å²) in [5.41, 5.74) is 5.33. The Bertz CT molecular complexity index is 664. The number of hydrogen-bond donors (Lipinski definition) is 1. The normalized spacial score (nSPS) is 11.4. The zero-order chi connectivity index (χ0) is 13.3. The van der Waals surface area contributed by atoms with E-state index in [-0.39, 0.29) is 10.7 Å². The van der Waals surface area contributed by atoms with E-state index in [1.54, 1.807) is 0 Å². The number of rotatable bonds is 2. The van der Waals surface area contributed by atoms with Gasteiger partial charge in [-0.3, -0.25) is 0 Å². The fraction of sp³-hybridized carbons (Fsp3) is 0. The molecular weight excluding hydrogens is 262 g/mol. The van der Waals surface area contributed by atoms with Crippen molar-refractivity contribution in [1.82, 2.24) is 4.98 Å². The molecule has 2 aromatic rings. The number of pyridine rings is 1. The molecular formula is C11H8F2N2O2S. The van der Waals surface area contributed by atoms with Crippen LogP contribution in [0.4, 0.5) is 14.6 Å². The molecule has 0 aliphatic carbocycles. The van der Waals surface area contributed by atoms with Crippen LogP contribution >= 0.6 is 0 Å². The van der Waals surface area contributed by atoms with Crippen LogP contribution < -0.4 is 5.73 Å². The van der Waals surface area contributed by atoms with Gasteiger partial charge in [0.05, 0.1) is 9.79 Å². The number of sulfone groups is 1. The van der Waals surface area contributed by atoms with Crippen molar-refractivity contribution in [2.24, 2.45) is 0 Å². The van der Waals surface area contributed by atoms with Gasteiger partial charge in [-0.05, 0) is 24.3 Å². The summed E-state index contributed by atoms with van der Waals surface area (Å²) in [5.74, 6) is -1.77. The molecule has 0 bridgehead atoms. The molecule has 94 valence electrons. The Morgan fingerprint density at radius 2 is 1.61 bits per heavy atom. The van der Waals surface area contributed by atoms with E-state index >= 15 is 0 Å². The second-order valence-electron chi connectivity index (χ2n) is 3.53. The van der Waals surface area contributed by atoms with Crippen molar-refractivity contribution < 1.29 is 17.2 Å². The maximum absolute atomic E-state index is 13.0. The maximum atomic E-state index is 13.0. The lowest BCUT2D eigenvalue weighted by Crippen LogP contribution is -2.04. The van der Waals surface area contributed by atoms with Gasteiger partial charge in [0, 0.05) is 12.3 Å². The van der Waals surface area contributed by atoms with Crippen LogP contribution in [0.15, 0.2) is 46.3 Å². The largest absolute Gasteiger partial charge is 0.384 e. The van der Waals surface area contributed by atoms with Crippen LogP contribution in [0.3, 0.4) is 0 Å². The number of nitrogens with two attached hydrogens (primary N) is 1. The van der Waals surface area contributed by atoms with E-state index in [9.17, 15) is 17.2 Å². The molecule has 0 amide bonds. The summed E-state index contributed by atoms with van der Waals surface area (Å²) in [6, 6.07) is 4.60. The van der Waals surface area contributed by atoms with Gasteiger partial charge in [0.25, 0.3) is 0 Å². The van der Waals surface area contributed by atoms with Crippen molar-refractivity contribution >= 4 is 15.7 Å². The third kappa shape index (κ3) is 2.30. The fourth-order valence-corrected chi connectivity index (χ4v) is 2.62. The Hall–Kier alpha value is -2.02. The second kappa shape index (κ2) is 4.34. The van der Waals surface area contributed by atoms with E-state index in [0.717, 1.165) is 18.3 Å². The van der Waals surface area contributed by atoms with Crippen molar-refractivity contribution in [3.8, 4) is 0 Å². The Morgan fingerprint density at radius 1 is 1.00 bits per heavy atom. The van der Waals surface area contributed by atoms with E-state index in [0.29, 0.717) is 6.07 Å². The lowest BCUT2D eigenvalue weighted by atomic mass is 10.3. The summed E-state index contributed by atoms with van der Waals surface area (Å²) in [6.07, 6.45) is 1.04. The minimum atomic E-state index is -4.00. The zero-order valence-corrected chi connectivity index (χ0v) is 9.79. The SMILES string of the molecule is Nc1ccc(S(=O)(=O)c2cc(F)cc(F)c2)cn1. The molecule has 1 aromatic heterocycles. The van der Waals surface area contributed by atoms with E-state index in [2.05, 4.69) is 4.98 Å². The molecule has 18 heavy (non-hydrogen) atoms. The second-order valence-corrected chi connectivity index (χ2v) is 5.48. The van der Waals surface area contributed by atoms with Crippen molar-refractivity contribution in [2.45, 2.75) is 9.79 Å². The van der Waals surface area contributed by atoms with Crippen LogP contribution in [0.1, 0.15) is 0 Å². The van der Waals surface area contributed by atoms with E-state index < -0.39 is 26.4 Å². The average molecular weight is 270 g/mol. The molecule has 0 aliphatic heterocycles. The Morgan fingerprint density at radius 3 is 2.11 bits per heavy atom. The maximum Gasteiger partial charge on any atom is 0.208 e. The smallest absolute Gasteiger partial charge is 0.208 e. The van der Waals surface area contributed by atoms with Gasteiger partial charge in [0.1, 0.15) is 17.5 Å². The fourth-order valence-electron chi connectivity index (χ4n) is 1.37. The minimum Gasteiger partial charge on any atom is -0.384 e. The first-order chi connectivity index (χ1) is 8.39. The Kier molecular flexibility index (Phi) is 3.00. The van der Waals surface area contributed by atoms with Crippen LogP contribution in [0, 0.1) is 11.6 Å². The molecule has 7 heteroatoms. The summed E-state index contributed by atoms with van der Waals surface area (Å²) in [6.45, 7) is 0. The van der Waals surface area contributed by atoms with Crippen LogP contribution in [0.5, 0.6) is 0 Å². The minimum absolute atomic E-state index is 0.152. The molecule has 0 saturated carbocycles. The predicted molar refractivity (Wildman–Crippen MR) is 60.5 cm³/mol. The molecule has 0 saturated heterocycles. The van der Waals surface area contributed by atoms with E-state index in [1.165, 1.54) is 12.1 Å². The quantitative estimate of drug-likeness (QED) is 0.902. The zero-order valence-electron chi connectivity index (χ0n) is 8.97. The number of benzene rings is 1. The van der Waals surface area contributed by atoms with Gasteiger partial charge < -0.3 is 5.73 Å². The molecule has 0 atom stereocenters. The van der Waals surface area contributed by atoms with Crippen molar-refractivity contribution in [3.63, 3.8) is 0 Å². The highest BCUT2D eigenvalue weighted by molar-refractivity contribution is 7.91. The topological polar surface area (TPSA) is 73.1 Å². The first kappa shape index (κ1) is 12.4. The molecule has 2 rings (SSSR count). The van der Waals surface area contributed by atoms with Crippen molar-refractivity contribution in [1.29, 1.82) is 0 Å². The number of hydrogen-bond acceptors (Lipinski definition) is 4. The van der Waals surface area contributed by atoms with Crippen LogP contribution in [0.25, 0.3) is 0 Å². The van der Waals surface area contributed by atoms with Crippen molar-refractivity contribution in [3.05, 3.63) is 48.2 Å². The number of halogens is 2. The summed E-state index contributed by atoms with van der Waals surface area (Å²) >= 11 is 0. The highest BCUT2D eigenvalue weighted by Gasteiger charge is 2.19. The monoisotopic (exact) mass is 270 g/mol. The number of anilines is 1. The van der Waals surface area contributed by atoms with Gasteiger partial charge in [0.15, 0.2) is 0 Å². The van der Waals surface area contributed by atoms with Gasteiger partial charge in [-0.1, -0.05) is 0 Å². The molecule has 0 unspecified atom stereocenters. The Labute approximate surface area is 102 Å². The molecule has 0 aliphatic rings. The lowest BCUT2D eigenvalue weighted by Gasteiger charge is -2.05. The third-order valence-electron chi connectivity index (χ3n) is 2.22. The van der Waals surface area contributed by atoms with Crippen molar-refractivity contribution in [2.75, 3.05) is 5.73 Å². The molecule has 1 heterocycles. The number of nitrogen functional groups attached to an aromatic ring is 1. The first-order valence-electron chi connectivity index (χ1n) is 4.82. The summed E-state index contributed by atoms with van der Waals surface area (Å²) in [4.78, 5) is 2.98. The lowest BCUT2D eigenvalue weighted by molar-refractivity contribution is 0.567. The molecule has 4 nitrogen and oxygen atoms in total. The summed E-state index contributed by atoms with van der Waals surface area (Å²) < 4.78 is 50.1. The van der Waals surface area contributed by atoms with Gasteiger partial charge in [-0.2, -0.15) is 0 Å². The van der Waals surface area contributed by atoms with Gasteiger partial charge in [0.2, 0.25) is 9.84 Å². The molecule has 1 aromatic carbocycles. The standard InChI is InChI=1S/C11H8F2N2O2S/c12-7-3-8(13)5-10(4-7)18(16,17)9-1-2-11(14)15-6-9/h1-6H,(H2,14,15). The summed E-state index contributed by atoms with van der Waals surface area (Å²) in [7, 11) is -4.00. The molecule has 2 N–H and O–H groups in total. The third-order valence-corrected chi connectivity index (χ3v) is 3.93. The Balaban J connectivity index is 2.57.